The first-order valence-electron chi connectivity index (χ1n) is 9.29. The number of fused-ring (bicyclic) bond motifs is 1. The number of anilines is 2. The van der Waals surface area contributed by atoms with Crippen LogP contribution in [0.25, 0.3) is 23.1 Å². The van der Waals surface area contributed by atoms with E-state index in [-0.39, 0.29) is 11.4 Å². The molecule has 0 spiro atoms. The van der Waals surface area contributed by atoms with Crippen molar-refractivity contribution in [2.24, 2.45) is 0 Å². The van der Waals surface area contributed by atoms with Crippen LogP contribution >= 0.6 is 11.6 Å². The zero-order chi connectivity index (χ0) is 21.3. The molecular weight excluding hydrogens is 400 g/mol. The number of nitrogens with zero attached hydrogens (tertiary/aromatic N) is 2. The standard InChI is InChI=1S/C23H19ClN4O2/c1-13-3-5-15(6-4-13)7-10-20-21(14(2)28-30-20)27-23(29)18-12-16-11-17(24)8-9-19(16)26-22(18)25/h3-12H,1-2H3,(H2,25,26)(H,27,29)/b10-7+. The topological polar surface area (TPSA) is 94.0 Å². The van der Waals surface area contributed by atoms with E-state index in [2.05, 4.69) is 15.5 Å². The van der Waals surface area contributed by atoms with Gasteiger partial charge in [0, 0.05) is 10.4 Å². The first kappa shape index (κ1) is 19.7. The van der Waals surface area contributed by atoms with Gasteiger partial charge in [0.1, 0.15) is 17.2 Å². The van der Waals surface area contributed by atoms with Crippen molar-refractivity contribution < 1.29 is 9.32 Å². The van der Waals surface area contributed by atoms with E-state index in [0.717, 1.165) is 10.9 Å². The smallest absolute Gasteiger partial charge is 0.259 e. The minimum absolute atomic E-state index is 0.133. The molecule has 0 bridgehead atoms. The van der Waals surface area contributed by atoms with Crippen molar-refractivity contribution in [3.05, 3.63) is 81.7 Å². The Labute approximate surface area is 178 Å². The molecule has 6 nitrogen and oxygen atoms in total. The van der Waals surface area contributed by atoms with Crippen LogP contribution in [0.2, 0.25) is 5.02 Å². The molecular formula is C23H19ClN4O2. The molecule has 0 unspecified atom stereocenters. The summed E-state index contributed by atoms with van der Waals surface area (Å²) in [6, 6.07) is 14.9. The zero-order valence-corrected chi connectivity index (χ0v) is 17.2. The van der Waals surface area contributed by atoms with Crippen LogP contribution in [0.15, 0.2) is 53.1 Å². The lowest BCUT2D eigenvalue weighted by molar-refractivity contribution is 0.102. The molecule has 2 aromatic carbocycles. The van der Waals surface area contributed by atoms with E-state index in [1.807, 2.05) is 37.3 Å². The highest BCUT2D eigenvalue weighted by Crippen LogP contribution is 2.26. The minimum atomic E-state index is -0.404. The van der Waals surface area contributed by atoms with Crippen LogP contribution in [0.1, 0.15) is 32.9 Å². The van der Waals surface area contributed by atoms with Crippen LogP contribution in [0.4, 0.5) is 11.5 Å². The van der Waals surface area contributed by atoms with Gasteiger partial charge in [-0.2, -0.15) is 0 Å². The fraction of sp³-hybridized carbons (Fsp3) is 0.0870. The number of hydrogen-bond donors (Lipinski definition) is 2. The Hall–Kier alpha value is -3.64. The molecule has 0 aliphatic rings. The summed E-state index contributed by atoms with van der Waals surface area (Å²) in [7, 11) is 0. The van der Waals surface area contributed by atoms with Gasteiger partial charge in [-0.15, -0.1) is 0 Å². The van der Waals surface area contributed by atoms with Gasteiger partial charge >= 0.3 is 0 Å². The molecule has 7 heteroatoms. The summed E-state index contributed by atoms with van der Waals surface area (Å²) in [5.74, 6) is 0.170. The van der Waals surface area contributed by atoms with Crippen LogP contribution < -0.4 is 11.1 Å². The monoisotopic (exact) mass is 418 g/mol. The quantitative estimate of drug-likeness (QED) is 0.456. The van der Waals surface area contributed by atoms with E-state index >= 15 is 0 Å². The molecule has 30 heavy (non-hydrogen) atoms. The maximum absolute atomic E-state index is 12.9. The van der Waals surface area contributed by atoms with Crippen LogP contribution in [0, 0.1) is 13.8 Å². The second kappa shape index (κ2) is 8.00. The summed E-state index contributed by atoms with van der Waals surface area (Å²) in [5.41, 5.74) is 10.2. The zero-order valence-electron chi connectivity index (χ0n) is 16.4. The van der Waals surface area contributed by atoms with E-state index in [0.29, 0.717) is 27.7 Å². The fourth-order valence-corrected chi connectivity index (χ4v) is 3.21. The van der Waals surface area contributed by atoms with Crippen LogP contribution in [-0.4, -0.2) is 16.0 Å². The normalized spacial score (nSPS) is 11.3. The number of rotatable bonds is 4. The average Bonchev–Trinajstić information content (AvgIpc) is 3.06. The van der Waals surface area contributed by atoms with Gasteiger partial charge in [-0.3, -0.25) is 4.79 Å². The highest BCUT2D eigenvalue weighted by Gasteiger charge is 2.18. The van der Waals surface area contributed by atoms with Crippen molar-refractivity contribution in [2.75, 3.05) is 11.1 Å². The van der Waals surface area contributed by atoms with Gasteiger partial charge in [0.25, 0.3) is 5.91 Å². The number of carbonyl (C=O) groups excluding carboxylic acids is 1. The van der Waals surface area contributed by atoms with E-state index in [4.69, 9.17) is 21.9 Å². The van der Waals surface area contributed by atoms with Crippen molar-refractivity contribution in [2.45, 2.75) is 13.8 Å². The Balaban J connectivity index is 1.62. The molecule has 0 radical (unpaired) electrons. The molecule has 0 aliphatic carbocycles. The number of pyridine rings is 1. The molecule has 1 amide bonds. The fourth-order valence-electron chi connectivity index (χ4n) is 3.03. The van der Waals surface area contributed by atoms with Crippen molar-refractivity contribution in [3.63, 3.8) is 0 Å². The number of amides is 1. The van der Waals surface area contributed by atoms with Gasteiger partial charge in [-0.25, -0.2) is 4.98 Å². The summed E-state index contributed by atoms with van der Waals surface area (Å²) in [5, 5.41) is 8.09. The van der Waals surface area contributed by atoms with Gasteiger partial charge in [-0.1, -0.05) is 52.7 Å². The van der Waals surface area contributed by atoms with Crippen molar-refractivity contribution >= 4 is 52.1 Å². The van der Waals surface area contributed by atoms with E-state index in [1.54, 1.807) is 37.3 Å². The molecule has 2 aromatic heterocycles. The molecule has 0 fully saturated rings. The van der Waals surface area contributed by atoms with E-state index in [1.165, 1.54) is 5.56 Å². The van der Waals surface area contributed by atoms with Gasteiger partial charge in [0.05, 0.1) is 11.1 Å². The second-order valence-electron chi connectivity index (χ2n) is 6.96. The maximum Gasteiger partial charge on any atom is 0.259 e. The molecule has 2 heterocycles. The van der Waals surface area contributed by atoms with Gasteiger partial charge in [0.2, 0.25) is 0 Å². The number of halogens is 1. The minimum Gasteiger partial charge on any atom is -0.383 e. The number of nitrogens with one attached hydrogen (secondary N) is 1. The SMILES string of the molecule is Cc1ccc(/C=C/c2onc(C)c2NC(=O)c2cc3cc(Cl)ccc3nc2N)cc1. The average molecular weight is 419 g/mol. The van der Waals surface area contributed by atoms with Crippen molar-refractivity contribution in [1.82, 2.24) is 10.1 Å². The van der Waals surface area contributed by atoms with Gasteiger partial charge in [0.15, 0.2) is 5.76 Å². The third-order valence-electron chi connectivity index (χ3n) is 4.68. The number of benzene rings is 2. The number of aryl methyl sites for hydroxylation is 2. The molecule has 4 aromatic rings. The number of carbonyl (C=O) groups is 1. The Morgan fingerprint density at radius 2 is 1.87 bits per heavy atom. The second-order valence-corrected chi connectivity index (χ2v) is 7.40. The highest BCUT2D eigenvalue weighted by atomic mass is 35.5. The molecule has 0 saturated heterocycles. The molecule has 0 saturated carbocycles. The number of nitrogens with two attached hydrogens (primary N) is 1. The lowest BCUT2D eigenvalue weighted by Crippen LogP contribution is -2.15. The highest BCUT2D eigenvalue weighted by molar-refractivity contribution is 6.31. The molecule has 0 aliphatic heterocycles. The summed E-state index contributed by atoms with van der Waals surface area (Å²) in [4.78, 5) is 17.2. The van der Waals surface area contributed by atoms with Gasteiger partial charge in [-0.05, 0) is 49.8 Å². The Morgan fingerprint density at radius 1 is 1.10 bits per heavy atom. The number of hydrogen-bond acceptors (Lipinski definition) is 5. The van der Waals surface area contributed by atoms with Crippen molar-refractivity contribution in [3.8, 4) is 0 Å². The first-order valence-corrected chi connectivity index (χ1v) is 9.66. The predicted molar refractivity (Wildman–Crippen MR) is 120 cm³/mol. The Bertz CT molecular complexity index is 1280. The molecule has 150 valence electrons. The summed E-state index contributed by atoms with van der Waals surface area (Å²) >= 11 is 6.05. The Morgan fingerprint density at radius 3 is 2.63 bits per heavy atom. The third-order valence-corrected chi connectivity index (χ3v) is 4.92. The number of aromatic nitrogens is 2. The first-order chi connectivity index (χ1) is 14.4. The largest absolute Gasteiger partial charge is 0.383 e. The summed E-state index contributed by atoms with van der Waals surface area (Å²) in [6.07, 6.45) is 3.66. The lowest BCUT2D eigenvalue weighted by Gasteiger charge is -2.08. The van der Waals surface area contributed by atoms with Crippen molar-refractivity contribution in [1.29, 1.82) is 0 Å². The third kappa shape index (κ3) is 4.04. The maximum atomic E-state index is 12.9. The lowest BCUT2D eigenvalue weighted by atomic mass is 10.1. The predicted octanol–water partition coefficient (Wildman–Crippen LogP) is 5.50. The van der Waals surface area contributed by atoms with Gasteiger partial charge < -0.3 is 15.6 Å². The summed E-state index contributed by atoms with van der Waals surface area (Å²) < 4.78 is 5.38. The van der Waals surface area contributed by atoms with E-state index < -0.39 is 5.91 Å². The molecule has 3 N–H and O–H groups in total. The van der Waals surface area contributed by atoms with Crippen LogP contribution in [0.5, 0.6) is 0 Å². The molecule has 4 rings (SSSR count). The Kier molecular flexibility index (Phi) is 5.25. The van der Waals surface area contributed by atoms with E-state index in [9.17, 15) is 4.79 Å². The van der Waals surface area contributed by atoms with Crippen LogP contribution in [0.3, 0.4) is 0 Å². The van der Waals surface area contributed by atoms with Crippen LogP contribution in [-0.2, 0) is 0 Å². The number of nitrogen functional groups attached to an aromatic ring is 1. The molecule has 0 atom stereocenters. The summed E-state index contributed by atoms with van der Waals surface area (Å²) in [6.45, 7) is 3.78.